The highest BCUT2D eigenvalue weighted by atomic mass is 32.2. The van der Waals surface area contributed by atoms with E-state index in [4.69, 9.17) is 0 Å². The predicted molar refractivity (Wildman–Crippen MR) is 107 cm³/mol. The number of anilines is 2. The number of aromatic amines is 1. The molecule has 2 aromatic heterocycles. The Labute approximate surface area is 169 Å². The Hall–Kier alpha value is -3.86. The van der Waals surface area contributed by atoms with E-state index in [1.165, 1.54) is 6.07 Å². The summed E-state index contributed by atoms with van der Waals surface area (Å²) in [6.45, 7) is 1.78. The molecule has 0 fully saturated rings. The SMILES string of the molecule is Cc1cc(Nc2nc(S(=O)(=O)c3ccc(F)cc3)c([N+](=O)[O-])c3ccccc23)n[nH]1. The molecule has 4 aromatic rings. The van der Waals surface area contributed by atoms with Crippen molar-refractivity contribution in [1.29, 1.82) is 0 Å². The molecule has 0 bridgehead atoms. The molecule has 0 unspecified atom stereocenters. The number of pyridine rings is 1. The number of aryl methyl sites for hydroxylation is 1. The average molecular weight is 427 g/mol. The molecule has 9 nitrogen and oxygen atoms in total. The monoisotopic (exact) mass is 427 g/mol. The van der Waals surface area contributed by atoms with Crippen LogP contribution in [-0.4, -0.2) is 28.5 Å². The highest BCUT2D eigenvalue weighted by Gasteiger charge is 2.33. The van der Waals surface area contributed by atoms with Crippen molar-refractivity contribution in [3.8, 4) is 0 Å². The summed E-state index contributed by atoms with van der Waals surface area (Å²) in [5.74, 6) is -0.182. The van der Waals surface area contributed by atoms with E-state index in [0.717, 1.165) is 30.0 Å². The molecule has 0 aliphatic carbocycles. The Morgan fingerprint density at radius 3 is 2.37 bits per heavy atom. The zero-order valence-corrected chi connectivity index (χ0v) is 16.3. The largest absolute Gasteiger partial charge is 0.323 e. The number of hydrogen-bond donors (Lipinski definition) is 2. The lowest BCUT2D eigenvalue weighted by Crippen LogP contribution is -2.11. The van der Waals surface area contributed by atoms with Gasteiger partial charge in [-0.25, -0.2) is 17.8 Å². The quantitative estimate of drug-likeness (QED) is 0.281. The van der Waals surface area contributed by atoms with Crippen LogP contribution in [0.2, 0.25) is 0 Å². The molecule has 0 atom stereocenters. The lowest BCUT2D eigenvalue weighted by molar-refractivity contribution is -0.386. The van der Waals surface area contributed by atoms with Gasteiger partial charge in [0.1, 0.15) is 11.6 Å². The van der Waals surface area contributed by atoms with Crippen LogP contribution >= 0.6 is 0 Å². The van der Waals surface area contributed by atoms with E-state index in [-0.39, 0.29) is 16.1 Å². The van der Waals surface area contributed by atoms with Gasteiger partial charge < -0.3 is 5.32 Å². The third kappa shape index (κ3) is 3.35. The number of sulfone groups is 1. The first-order valence-corrected chi connectivity index (χ1v) is 10.1. The fourth-order valence-corrected chi connectivity index (χ4v) is 4.38. The maximum atomic E-state index is 13.3. The number of H-pyrrole nitrogens is 1. The lowest BCUT2D eigenvalue weighted by Gasteiger charge is -2.12. The molecule has 0 saturated heterocycles. The van der Waals surface area contributed by atoms with Gasteiger partial charge >= 0.3 is 5.69 Å². The van der Waals surface area contributed by atoms with Crippen molar-refractivity contribution in [3.05, 3.63) is 76.2 Å². The number of hydrogen-bond acceptors (Lipinski definition) is 7. The van der Waals surface area contributed by atoms with E-state index in [0.29, 0.717) is 11.2 Å². The third-order valence-electron chi connectivity index (χ3n) is 4.37. The number of aromatic nitrogens is 3. The smallest absolute Gasteiger partial charge is 0.314 e. The fourth-order valence-electron chi connectivity index (χ4n) is 3.01. The van der Waals surface area contributed by atoms with Crippen molar-refractivity contribution in [2.45, 2.75) is 16.8 Å². The van der Waals surface area contributed by atoms with Gasteiger partial charge in [0.2, 0.25) is 14.9 Å². The Balaban J connectivity index is 2.01. The fraction of sp³-hybridized carbons (Fsp3) is 0.0526. The van der Waals surface area contributed by atoms with E-state index in [2.05, 4.69) is 20.5 Å². The Morgan fingerprint density at radius 2 is 1.77 bits per heavy atom. The van der Waals surface area contributed by atoms with Crippen LogP contribution in [0.25, 0.3) is 10.8 Å². The Bertz CT molecular complexity index is 1380. The van der Waals surface area contributed by atoms with Gasteiger partial charge in [-0.1, -0.05) is 18.2 Å². The van der Waals surface area contributed by atoms with Crippen molar-refractivity contribution in [2.75, 3.05) is 5.32 Å². The van der Waals surface area contributed by atoms with Crippen LogP contribution in [0, 0.1) is 22.9 Å². The number of halogens is 1. The van der Waals surface area contributed by atoms with Gasteiger partial charge in [-0.05, 0) is 37.3 Å². The van der Waals surface area contributed by atoms with Crippen molar-refractivity contribution in [1.82, 2.24) is 15.2 Å². The number of benzene rings is 2. The molecule has 2 heterocycles. The third-order valence-corrected chi connectivity index (χ3v) is 6.05. The zero-order chi connectivity index (χ0) is 21.5. The molecule has 0 amide bonds. The summed E-state index contributed by atoms with van der Waals surface area (Å²) in [6, 6.07) is 11.9. The van der Waals surface area contributed by atoms with Crippen LogP contribution in [0.15, 0.2) is 64.5 Å². The summed E-state index contributed by atoms with van der Waals surface area (Å²) in [5, 5.41) is 21.2. The molecule has 0 aliphatic rings. The Morgan fingerprint density at radius 1 is 1.10 bits per heavy atom. The second kappa shape index (κ2) is 7.19. The molecule has 0 aliphatic heterocycles. The lowest BCUT2D eigenvalue weighted by atomic mass is 10.1. The minimum Gasteiger partial charge on any atom is -0.323 e. The van der Waals surface area contributed by atoms with Crippen LogP contribution in [-0.2, 0) is 9.84 Å². The summed E-state index contributed by atoms with van der Waals surface area (Å²) in [6.07, 6.45) is 0. The maximum Gasteiger partial charge on any atom is 0.314 e. The molecule has 0 saturated carbocycles. The summed E-state index contributed by atoms with van der Waals surface area (Å²) in [4.78, 5) is 14.9. The van der Waals surface area contributed by atoms with Gasteiger partial charge in [-0.2, -0.15) is 5.10 Å². The number of nitro groups is 1. The topological polar surface area (TPSA) is 131 Å². The number of nitrogens with zero attached hydrogens (tertiary/aromatic N) is 3. The van der Waals surface area contributed by atoms with Gasteiger partial charge in [0.25, 0.3) is 0 Å². The Kier molecular flexibility index (Phi) is 4.66. The molecule has 2 aromatic carbocycles. The standard InChI is InChI=1S/C19H14FN5O4S/c1-11-10-16(24-23-11)21-18-15-5-3-2-4-14(15)17(25(26)27)19(22-18)30(28,29)13-8-6-12(20)7-9-13/h2-10H,1H3,(H2,21,22,23,24). The predicted octanol–water partition coefficient (Wildman–Crippen LogP) is 3.89. The number of nitrogens with one attached hydrogen (secondary N) is 2. The van der Waals surface area contributed by atoms with Crippen LogP contribution in [0.5, 0.6) is 0 Å². The van der Waals surface area contributed by atoms with E-state index in [9.17, 15) is 22.9 Å². The number of rotatable bonds is 5. The first-order valence-electron chi connectivity index (χ1n) is 8.64. The van der Waals surface area contributed by atoms with Gasteiger partial charge in [0.05, 0.1) is 15.2 Å². The molecular formula is C19H14FN5O4S. The van der Waals surface area contributed by atoms with E-state index in [1.807, 2.05) is 0 Å². The average Bonchev–Trinajstić information content (AvgIpc) is 3.12. The molecule has 4 rings (SSSR count). The minimum absolute atomic E-state index is 0.0865. The minimum atomic E-state index is -4.42. The van der Waals surface area contributed by atoms with E-state index in [1.54, 1.807) is 31.2 Å². The van der Waals surface area contributed by atoms with Gasteiger partial charge in [-0.3, -0.25) is 15.2 Å². The van der Waals surface area contributed by atoms with Crippen molar-refractivity contribution >= 4 is 37.9 Å². The second-order valence-electron chi connectivity index (χ2n) is 6.44. The van der Waals surface area contributed by atoms with Crippen molar-refractivity contribution in [3.63, 3.8) is 0 Å². The number of fused-ring (bicyclic) bond motifs is 1. The van der Waals surface area contributed by atoms with Crippen molar-refractivity contribution < 1.29 is 17.7 Å². The normalized spacial score (nSPS) is 11.5. The highest BCUT2D eigenvalue weighted by molar-refractivity contribution is 7.91. The maximum absolute atomic E-state index is 13.3. The molecule has 30 heavy (non-hydrogen) atoms. The zero-order valence-electron chi connectivity index (χ0n) is 15.5. The van der Waals surface area contributed by atoms with E-state index < -0.39 is 31.3 Å². The molecule has 2 N–H and O–H groups in total. The van der Waals surface area contributed by atoms with Gasteiger partial charge in [0, 0.05) is 17.1 Å². The summed E-state index contributed by atoms with van der Waals surface area (Å²) in [7, 11) is -4.42. The molecule has 0 radical (unpaired) electrons. The van der Waals surface area contributed by atoms with Gasteiger partial charge in [0.15, 0.2) is 5.82 Å². The van der Waals surface area contributed by atoms with Gasteiger partial charge in [-0.15, -0.1) is 0 Å². The first kappa shape index (κ1) is 19.5. The first-order chi connectivity index (χ1) is 14.3. The summed E-state index contributed by atoms with van der Waals surface area (Å²) < 4.78 is 39.6. The van der Waals surface area contributed by atoms with E-state index >= 15 is 0 Å². The molecule has 152 valence electrons. The highest BCUT2D eigenvalue weighted by Crippen LogP contribution is 2.38. The summed E-state index contributed by atoms with van der Waals surface area (Å²) >= 11 is 0. The van der Waals surface area contributed by atoms with Crippen LogP contribution in [0.4, 0.5) is 21.7 Å². The summed E-state index contributed by atoms with van der Waals surface area (Å²) in [5.41, 5.74) is 0.0987. The second-order valence-corrected chi connectivity index (χ2v) is 8.30. The molecule has 11 heteroatoms. The molecule has 0 spiro atoms. The molecular weight excluding hydrogens is 413 g/mol. The van der Waals surface area contributed by atoms with Crippen molar-refractivity contribution in [2.24, 2.45) is 0 Å². The van der Waals surface area contributed by atoms with Crippen LogP contribution in [0.1, 0.15) is 5.69 Å². The van der Waals surface area contributed by atoms with Crippen LogP contribution < -0.4 is 5.32 Å². The van der Waals surface area contributed by atoms with Crippen LogP contribution in [0.3, 0.4) is 0 Å².